The molecule has 0 aliphatic heterocycles. The highest BCUT2D eigenvalue weighted by Gasteiger charge is 2.17. The van der Waals surface area contributed by atoms with E-state index in [1.165, 1.54) is 0 Å². The highest BCUT2D eigenvalue weighted by molar-refractivity contribution is 6.30. The highest BCUT2D eigenvalue weighted by atomic mass is 35.5. The molecule has 1 aromatic carbocycles. The first-order valence-corrected chi connectivity index (χ1v) is 5.99. The molecule has 0 aliphatic carbocycles. The maximum Gasteiger partial charge on any atom is 0.106 e. The first-order chi connectivity index (χ1) is 8.11. The minimum absolute atomic E-state index is 0.117. The van der Waals surface area contributed by atoms with Gasteiger partial charge in [0.1, 0.15) is 11.5 Å². The molecule has 0 fully saturated rings. The van der Waals surface area contributed by atoms with E-state index in [4.69, 9.17) is 16.0 Å². The Balaban J connectivity index is 2.43. The zero-order valence-electron chi connectivity index (χ0n) is 10.3. The summed E-state index contributed by atoms with van der Waals surface area (Å²) in [5.74, 6) is 1.88. The summed E-state index contributed by atoms with van der Waals surface area (Å²) in [5, 5.41) is 4.05. The van der Waals surface area contributed by atoms with E-state index in [1.54, 1.807) is 0 Å². The van der Waals surface area contributed by atoms with Crippen molar-refractivity contribution < 1.29 is 4.42 Å². The number of hydrogen-bond donors (Lipinski definition) is 1. The van der Waals surface area contributed by atoms with Crippen molar-refractivity contribution in [1.82, 2.24) is 5.32 Å². The van der Waals surface area contributed by atoms with Gasteiger partial charge in [0, 0.05) is 10.6 Å². The maximum absolute atomic E-state index is 6.03. The van der Waals surface area contributed by atoms with Crippen LogP contribution in [0.2, 0.25) is 5.02 Å². The summed E-state index contributed by atoms with van der Waals surface area (Å²) in [4.78, 5) is 0. The van der Waals surface area contributed by atoms with Crippen molar-refractivity contribution in [3.05, 3.63) is 58.0 Å². The molecule has 0 saturated carbocycles. The minimum Gasteiger partial charge on any atom is -0.466 e. The van der Waals surface area contributed by atoms with Crippen molar-refractivity contribution in [2.45, 2.75) is 19.9 Å². The van der Waals surface area contributed by atoms with Crippen LogP contribution in [0.25, 0.3) is 0 Å². The Kier molecular flexibility index (Phi) is 3.55. The van der Waals surface area contributed by atoms with Crippen LogP contribution < -0.4 is 5.32 Å². The second kappa shape index (κ2) is 4.94. The third kappa shape index (κ3) is 2.54. The number of nitrogens with one attached hydrogen (secondary N) is 1. The van der Waals surface area contributed by atoms with Crippen molar-refractivity contribution in [3.63, 3.8) is 0 Å². The molecule has 2 aromatic rings. The van der Waals surface area contributed by atoms with E-state index in [2.05, 4.69) is 17.4 Å². The van der Waals surface area contributed by atoms with Crippen molar-refractivity contribution >= 4 is 11.6 Å². The number of hydrogen-bond acceptors (Lipinski definition) is 2. The van der Waals surface area contributed by atoms with E-state index in [0.29, 0.717) is 0 Å². The van der Waals surface area contributed by atoms with E-state index in [9.17, 15) is 0 Å². The molecule has 1 N–H and O–H groups in total. The number of halogens is 1. The lowest BCUT2D eigenvalue weighted by atomic mass is 9.99. The third-order valence-corrected chi connectivity index (χ3v) is 3.10. The van der Waals surface area contributed by atoms with Crippen molar-refractivity contribution in [3.8, 4) is 0 Å². The average Bonchev–Trinajstić information content (AvgIpc) is 2.59. The lowest BCUT2D eigenvalue weighted by molar-refractivity contribution is 0.497. The smallest absolute Gasteiger partial charge is 0.106 e. The second-order valence-corrected chi connectivity index (χ2v) is 4.58. The van der Waals surface area contributed by atoms with Gasteiger partial charge in [-0.05, 0) is 44.7 Å². The molecular formula is C14H16ClNO. The first-order valence-electron chi connectivity index (χ1n) is 5.61. The van der Waals surface area contributed by atoms with Gasteiger partial charge >= 0.3 is 0 Å². The van der Waals surface area contributed by atoms with Crippen LogP contribution in [0.3, 0.4) is 0 Å². The molecule has 0 aliphatic rings. The SMILES string of the molecule is CNC(c1cccc(Cl)c1)c1cc(C)oc1C. The standard InChI is InChI=1S/C14H16ClNO/c1-9-7-13(10(2)17-9)14(16-3)11-5-4-6-12(15)8-11/h4-8,14,16H,1-3H3. The molecule has 0 spiro atoms. The fourth-order valence-corrected chi connectivity index (χ4v) is 2.32. The molecule has 3 heteroatoms. The molecule has 1 heterocycles. The number of benzene rings is 1. The van der Waals surface area contributed by atoms with E-state index in [-0.39, 0.29) is 6.04 Å². The van der Waals surface area contributed by atoms with Crippen LogP contribution in [0, 0.1) is 13.8 Å². The molecule has 1 aromatic heterocycles. The van der Waals surface area contributed by atoms with Gasteiger partial charge in [-0.1, -0.05) is 23.7 Å². The molecule has 1 atom stereocenters. The maximum atomic E-state index is 6.03. The van der Waals surface area contributed by atoms with Crippen LogP contribution in [0.5, 0.6) is 0 Å². The molecule has 0 saturated heterocycles. The fourth-order valence-electron chi connectivity index (χ4n) is 2.12. The quantitative estimate of drug-likeness (QED) is 0.894. The zero-order chi connectivity index (χ0) is 12.4. The number of aryl methyl sites for hydroxylation is 2. The summed E-state index contributed by atoms with van der Waals surface area (Å²) in [6.07, 6.45) is 0. The van der Waals surface area contributed by atoms with Gasteiger partial charge in [0.15, 0.2) is 0 Å². The third-order valence-electron chi connectivity index (χ3n) is 2.86. The van der Waals surface area contributed by atoms with Crippen LogP contribution in [0.15, 0.2) is 34.7 Å². The molecule has 2 nitrogen and oxygen atoms in total. The molecule has 2 rings (SSSR count). The Morgan fingerprint density at radius 2 is 2.00 bits per heavy atom. The summed E-state index contributed by atoms with van der Waals surface area (Å²) in [7, 11) is 1.94. The van der Waals surface area contributed by atoms with E-state index in [1.807, 2.05) is 39.1 Å². The lowest BCUT2D eigenvalue weighted by Crippen LogP contribution is -2.17. The summed E-state index contributed by atoms with van der Waals surface area (Å²) >= 11 is 6.03. The Morgan fingerprint density at radius 1 is 1.24 bits per heavy atom. The fraction of sp³-hybridized carbons (Fsp3) is 0.286. The van der Waals surface area contributed by atoms with Crippen molar-refractivity contribution in [2.75, 3.05) is 7.05 Å². The van der Waals surface area contributed by atoms with Gasteiger partial charge in [-0.2, -0.15) is 0 Å². The molecule has 0 amide bonds. The van der Waals surface area contributed by atoms with Gasteiger partial charge < -0.3 is 9.73 Å². The van der Waals surface area contributed by atoms with Crippen LogP contribution in [-0.2, 0) is 0 Å². The Labute approximate surface area is 107 Å². The van der Waals surface area contributed by atoms with Crippen LogP contribution in [0.4, 0.5) is 0 Å². The van der Waals surface area contributed by atoms with E-state index < -0.39 is 0 Å². The second-order valence-electron chi connectivity index (χ2n) is 4.15. The topological polar surface area (TPSA) is 25.2 Å². The van der Waals surface area contributed by atoms with E-state index in [0.717, 1.165) is 27.7 Å². The Morgan fingerprint density at radius 3 is 2.53 bits per heavy atom. The summed E-state index contributed by atoms with van der Waals surface area (Å²) in [6, 6.07) is 10.1. The molecule has 90 valence electrons. The molecule has 17 heavy (non-hydrogen) atoms. The largest absolute Gasteiger partial charge is 0.466 e. The summed E-state index contributed by atoms with van der Waals surface area (Å²) in [6.45, 7) is 3.94. The number of rotatable bonds is 3. The normalized spacial score (nSPS) is 12.7. The monoisotopic (exact) mass is 249 g/mol. The van der Waals surface area contributed by atoms with Crippen LogP contribution >= 0.6 is 11.6 Å². The highest BCUT2D eigenvalue weighted by Crippen LogP contribution is 2.28. The van der Waals surface area contributed by atoms with Gasteiger partial charge in [-0.15, -0.1) is 0 Å². The molecule has 0 radical (unpaired) electrons. The lowest BCUT2D eigenvalue weighted by Gasteiger charge is -2.16. The Hall–Kier alpha value is -1.25. The predicted octanol–water partition coefficient (Wildman–Crippen LogP) is 3.86. The van der Waals surface area contributed by atoms with Crippen LogP contribution in [0.1, 0.15) is 28.7 Å². The Bertz CT molecular complexity index is 519. The van der Waals surface area contributed by atoms with Gasteiger partial charge in [0.25, 0.3) is 0 Å². The first kappa shape index (κ1) is 12.2. The summed E-state index contributed by atoms with van der Waals surface area (Å²) in [5.41, 5.74) is 2.30. The molecule has 0 bridgehead atoms. The van der Waals surface area contributed by atoms with Crippen molar-refractivity contribution in [2.24, 2.45) is 0 Å². The van der Waals surface area contributed by atoms with Gasteiger partial charge in [0.2, 0.25) is 0 Å². The molecular weight excluding hydrogens is 234 g/mol. The average molecular weight is 250 g/mol. The van der Waals surface area contributed by atoms with Gasteiger partial charge in [-0.25, -0.2) is 0 Å². The number of furan rings is 1. The predicted molar refractivity (Wildman–Crippen MR) is 70.5 cm³/mol. The molecule has 1 unspecified atom stereocenters. The van der Waals surface area contributed by atoms with E-state index >= 15 is 0 Å². The van der Waals surface area contributed by atoms with Crippen molar-refractivity contribution in [1.29, 1.82) is 0 Å². The van der Waals surface area contributed by atoms with Gasteiger partial charge in [0.05, 0.1) is 6.04 Å². The van der Waals surface area contributed by atoms with Crippen LogP contribution in [-0.4, -0.2) is 7.05 Å². The zero-order valence-corrected chi connectivity index (χ0v) is 11.0. The minimum atomic E-state index is 0.117. The van der Waals surface area contributed by atoms with Gasteiger partial charge in [-0.3, -0.25) is 0 Å². The summed E-state index contributed by atoms with van der Waals surface area (Å²) < 4.78 is 5.58.